The Hall–Kier alpha value is -1.74. The van der Waals surface area contributed by atoms with Gasteiger partial charge in [-0.25, -0.2) is 9.59 Å². The molecule has 0 unspecified atom stereocenters. The van der Waals surface area contributed by atoms with Gasteiger partial charge >= 0.3 is 11.9 Å². The maximum Gasteiger partial charge on any atom is 0.334 e. The lowest BCUT2D eigenvalue weighted by atomic mass is 9.75. The van der Waals surface area contributed by atoms with E-state index in [9.17, 15) is 19.8 Å². The van der Waals surface area contributed by atoms with Gasteiger partial charge in [0, 0.05) is 23.0 Å². The maximum absolute atomic E-state index is 12.5. The molecular formula is C20H24O8. The lowest BCUT2D eigenvalue weighted by molar-refractivity contribution is -0.158. The van der Waals surface area contributed by atoms with Gasteiger partial charge in [-0.3, -0.25) is 0 Å². The summed E-state index contributed by atoms with van der Waals surface area (Å²) in [6.45, 7) is 9.27. The Bertz CT molecular complexity index is 813. The van der Waals surface area contributed by atoms with E-state index >= 15 is 0 Å². The predicted molar refractivity (Wildman–Crippen MR) is 92.8 cm³/mol. The number of hydrogen-bond acceptors (Lipinski definition) is 8. The third kappa shape index (κ3) is 2.04. The summed E-state index contributed by atoms with van der Waals surface area (Å²) < 4.78 is 22.8. The molecule has 0 aromatic carbocycles. The first-order valence-corrected chi connectivity index (χ1v) is 9.59. The summed E-state index contributed by atoms with van der Waals surface area (Å²) in [6.07, 6.45) is -2.68. The molecular weight excluding hydrogens is 368 g/mol. The van der Waals surface area contributed by atoms with Gasteiger partial charge in [-0.05, 0) is 20.8 Å². The van der Waals surface area contributed by atoms with E-state index < -0.39 is 71.4 Å². The average molecular weight is 392 g/mol. The minimum atomic E-state index is -1.23. The molecule has 0 bridgehead atoms. The first-order chi connectivity index (χ1) is 13.2. The molecule has 0 aromatic heterocycles. The van der Waals surface area contributed by atoms with Crippen molar-refractivity contribution in [3.63, 3.8) is 0 Å². The van der Waals surface area contributed by atoms with Gasteiger partial charge in [0.15, 0.2) is 0 Å². The Morgan fingerprint density at radius 3 is 2.64 bits per heavy atom. The van der Waals surface area contributed by atoms with Crippen LogP contribution < -0.4 is 0 Å². The summed E-state index contributed by atoms with van der Waals surface area (Å²) in [4.78, 5) is 24.8. The number of rotatable bonds is 2. The van der Waals surface area contributed by atoms with Crippen LogP contribution in [-0.4, -0.2) is 70.5 Å². The summed E-state index contributed by atoms with van der Waals surface area (Å²) >= 11 is 0. The van der Waals surface area contributed by atoms with Crippen LogP contribution in [0, 0.1) is 17.8 Å². The number of fused-ring (bicyclic) bond motifs is 6. The molecule has 152 valence electrons. The zero-order chi connectivity index (χ0) is 20.2. The van der Waals surface area contributed by atoms with Crippen LogP contribution in [0.2, 0.25) is 0 Å². The third-order valence-electron chi connectivity index (χ3n) is 7.44. The molecule has 5 rings (SSSR count). The third-order valence-corrected chi connectivity index (χ3v) is 7.44. The number of epoxide rings is 2. The zero-order valence-electron chi connectivity index (χ0n) is 16.0. The largest absolute Gasteiger partial charge is 0.458 e. The van der Waals surface area contributed by atoms with Crippen molar-refractivity contribution in [1.82, 2.24) is 0 Å². The molecule has 5 fully saturated rings. The van der Waals surface area contributed by atoms with Crippen molar-refractivity contribution >= 4 is 11.9 Å². The van der Waals surface area contributed by atoms with E-state index in [1.807, 2.05) is 6.92 Å². The molecule has 1 spiro atoms. The molecule has 3 heterocycles. The highest BCUT2D eigenvalue weighted by molar-refractivity contribution is 5.92. The van der Waals surface area contributed by atoms with Gasteiger partial charge in [0.05, 0.1) is 18.6 Å². The molecule has 0 amide bonds. The van der Waals surface area contributed by atoms with E-state index in [0.717, 1.165) is 0 Å². The van der Waals surface area contributed by atoms with Gasteiger partial charge in [-0.1, -0.05) is 12.7 Å². The van der Waals surface area contributed by atoms with Gasteiger partial charge < -0.3 is 29.2 Å². The number of allylic oxidation sites excluding steroid dienone is 1. The van der Waals surface area contributed by atoms with Crippen molar-refractivity contribution in [3.05, 3.63) is 23.8 Å². The second-order valence-corrected chi connectivity index (χ2v) is 8.72. The second kappa shape index (κ2) is 5.44. The van der Waals surface area contributed by atoms with E-state index in [0.29, 0.717) is 5.57 Å². The Morgan fingerprint density at radius 1 is 1.36 bits per heavy atom. The Balaban J connectivity index is 1.61. The van der Waals surface area contributed by atoms with E-state index in [-0.39, 0.29) is 12.2 Å². The van der Waals surface area contributed by atoms with Crippen LogP contribution in [0.1, 0.15) is 20.8 Å². The number of carbonyl (C=O) groups excluding carboxylic acids is 2. The molecule has 8 heteroatoms. The molecule has 5 aliphatic rings. The van der Waals surface area contributed by atoms with Crippen molar-refractivity contribution in [1.29, 1.82) is 0 Å². The van der Waals surface area contributed by atoms with Crippen molar-refractivity contribution in [2.45, 2.75) is 62.5 Å². The quantitative estimate of drug-likeness (QED) is 0.379. The molecule has 3 saturated heterocycles. The SMILES string of the molecule is C=C1C(=O)O[C@H]2[C@H]1[C@H](OC(=O)/C(C)=C/C)[C@H](O)[C@]1(CO1)[C@@H]1[C@H](O)[C@H]3O[C@@]3(C)[C@H]21. The Morgan fingerprint density at radius 2 is 2.04 bits per heavy atom. The highest BCUT2D eigenvalue weighted by atomic mass is 16.6. The molecule has 8 nitrogen and oxygen atoms in total. The Labute approximate surface area is 162 Å². The highest BCUT2D eigenvalue weighted by Crippen LogP contribution is 2.67. The Kier molecular flexibility index (Phi) is 3.56. The minimum absolute atomic E-state index is 0.152. The van der Waals surface area contributed by atoms with Crippen molar-refractivity contribution in [2.24, 2.45) is 17.8 Å². The van der Waals surface area contributed by atoms with Crippen LogP contribution in [0.15, 0.2) is 23.8 Å². The van der Waals surface area contributed by atoms with Gasteiger partial charge in [0.1, 0.15) is 35.6 Å². The van der Waals surface area contributed by atoms with Crippen LogP contribution in [0.3, 0.4) is 0 Å². The molecule has 10 atom stereocenters. The average Bonchev–Trinajstić information content (AvgIpc) is 3.55. The van der Waals surface area contributed by atoms with Crippen LogP contribution in [-0.2, 0) is 28.5 Å². The first-order valence-electron chi connectivity index (χ1n) is 9.59. The fourth-order valence-corrected chi connectivity index (χ4v) is 5.68. The smallest absolute Gasteiger partial charge is 0.334 e. The lowest BCUT2D eigenvalue weighted by Gasteiger charge is -2.34. The van der Waals surface area contributed by atoms with E-state index in [1.54, 1.807) is 19.9 Å². The number of hydrogen-bond donors (Lipinski definition) is 2. The van der Waals surface area contributed by atoms with Crippen molar-refractivity contribution < 1.29 is 38.7 Å². The van der Waals surface area contributed by atoms with Crippen LogP contribution >= 0.6 is 0 Å². The van der Waals surface area contributed by atoms with E-state index in [2.05, 4.69) is 6.58 Å². The lowest BCUT2D eigenvalue weighted by Crippen LogP contribution is -2.51. The minimum Gasteiger partial charge on any atom is -0.458 e. The summed E-state index contributed by atoms with van der Waals surface area (Å²) in [7, 11) is 0. The normalized spacial score (nSPS) is 53.8. The molecule has 2 aliphatic carbocycles. The van der Waals surface area contributed by atoms with Crippen LogP contribution in [0.4, 0.5) is 0 Å². The van der Waals surface area contributed by atoms with Gasteiger partial charge in [-0.15, -0.1) is 0 Å². The number of aliphatic hydroxyl groups excluding tert-OH is 2. The topological polar surface area (TPSA) is 118 Å². The highest BCUT2D eigenvalue weighted by Gasteiger charge is 2.83. The molecule has 28 heavy (non-hydrogen) atoms. The number of carbonyl (C=O) groups is 2. The van der Waals surface area contributed by atoms with Crippen LogP contribution in [0.5, 0.6) is 0 Å². The second-order valence-electron chi connectivity index (χ2n) is 8.72. The predicted octanol–water partition coefficient (Wildman–Crippen LogP) is -0.130. The van der Waals surface area contributed by atoms with Gasteiger partial charge in [-0.2, -0.15) is 0 Å². The summed E-state index contributed by atoms with van der Waals surface area (Å²) in [5.74, 6) is -2.81. The maximum atomic E-state index is 12.5. The fourth-order valence-electron chi connectivity index (χ4n) is 5.68. The van der Waals surface area contributed by atoms with Gasteiger partial charge in [0.25, 0.3) is 0 Å². The molecule has 3 aliphatic heterocycles. The van der Waals surface area contributed by atoms with Crippen LogP contribution in [0.25, 0.3) is 0 Å². The number of esters is 2. The monoisotopic (exact) mass is 392 g/mol. The number of ether oxygens (including phenoxy) is 4. The fraction of sp³-hybridized carbons (Fsp3) is 0.700. The molecule has 2 N–H and O–H groups in total. The first kappa shape index (κ1) is 18.3. The van der Waals surface area contributed by atoms with E-state index in [4.69, 9.17) is 18.9 Å². The van der Waals surface area contributed by atoms with Crippen molar-refractivity contribution in [2.75, 3.05) is 6.61 Å². The number of aliphatic hydroxyl groups is 2. The summed E-state index contributed by atoms with van der Waals surface area (Å²) in [6, 6.07) is 0. The van der Waals surface area contributed by atoms with Crippen molar-refractivity contribution in [3.8, 4) is 0 Å². The molecule has 0 aromatic rings. The zero-order valence-corrected chi connectivity index (χ0v) is 16.0. The molecule has 0 radical (unpaired) electrons. The summed E-state index contributed by atoms with van der Waals surface area (Å²) in [5, 5.41) is 22.1. The van der Waals surface area contributed by atoms with Gasteiger partial charge in [0.2, 0.25) is 0 Å². The summed E-state index contributed by atoms with van der Waals surface area (Å²) in [5.41, 5.74) is -1.21. The molecule has 2 saturated carbocycles. The van der Waals surface area contributed by atoms with E-state index in [1.165, 1.54) is 0 Å². The standard InChI is InChI=1S/C20H24O8/c1-5-7(2)17(23)27-14-9-8(3)18(24)26-13(9)11-10(20(6-25-20)15(14)22)12(21)16-19(11,4)28-16/h5,9-16,21-22H,3,6H2,1-2,4H3/b7-5+/t9-,10-,11-,12-,13-,14-,15-,16+,19-,20-/m0/s1.